The molecule has 4 rings (SSSR count). The summed E-state index contributed by atoms with van der Waals surface area (Å²) in [5, 5.41) is 3.46. The van der Waals surface area contributed by atoms with Gasteiger partial charge in [-0.1, -0.05) is 0 Å². The number of nitrogens with two attached hydrogens (primary N) is 1. The number of fused-ring (bicyclic) bond motifs is 1. The molecule has 1 heterocycles. The molecular weight excluding hydrogens is 583 g/mol. The van der Waals surface area contributed by atoms with Gasteiger partial charge in [0.15, 0.2) is 0 Å². The van der Waals surface area contributed by atoms with Crippen LogP contribution in [0.2, 0.25) is 0 Å². The first kappa shape index (κ1) is 25.4. The highest BCUT2D eigenvalue weighted by Crippen LogP contribution is 2.35. The second-order valence-electron chi connectivity index (χ2n) is 8.93. The summed E-state index contributed by atoms with van der Waals surface area (Å²) >= 11 is 1.96. The SMILES string of the molecule is CC(C)(C)OC(=O)n1ccc2ccc(Oc3cc(F)cc(Nc4ccc(I)cc4F)c3C(N)=O)cc21. The molecule has 0 radical (unpaired) electrons. The number of amides is 1. The lowest BCUT2D eigenvalue weighted by molar-refractivity contribution is 0.0544. The molecule has 1 amide bonds. The van der Waals surface area contributed by atoms with E-state index in [2.05, 4.69) is 5.32 Å². The summed E-state index contributed by atoms with van der Waals surface area (Å²) in [5.41, 5.74) is 5.18. The van der Waals surface area contributed by atoms with Crippen LogP contribution in [0.5, 0.6) is 11.5 Å². The van der Waals surface area contributed by atoms with Gasteiger partial charge in [-0.05, 0) is 85.8 Å². The number of benzene rings is 3. The van der Waals surface area contributed by atoms with E-state index in [1.165, 1.54) is 16.7 Å². The van der Waals surface area contributed by atoms with Crippen molar-refractivity contribution in [3.05, 3.63) is 81.6 Å². The number of halogens is 3. The van der Waals surface area contributed by atoms with Crippen LogP contribution < -0.4 is 15.8 Å². The lowest BCUT2D eigenvalue weighted by Crippen LogP contribution is -2.26. The van der Waals surface area contributed by atoms with E-state index in [1.807, 2.05) is 22.6 Å². The van der Waals surface area contributed by atoms with Crippen LogP contribution in [0, 0.1) is 15.2 Å². The highest BCUT2D eigenvalue weighted by atomic mass is 127. The Labute approximate surface area is 219 Å². The molecular formula is C26H22F2IN3O4. The van der Waals surface area contributed by atoms with Crippen molar-refractivity contribution in [2.75, 3.05) is 5.32 Å². The molecule has 0 unspecified atom stereocenters. The Morgan fingerprint density at radius 3 is 2.42 bits per heavy atom. The van der Waals surface area contributed by atoms with E-state index in [1.54, 1.807) is 57.3 Å². The van der Waals surface area contributed by atoms with E-state index < -0.39 is 29.2 Å². The van der Waals surface area contributed by atoms with Crippen LogP contribution in [0.15, 0.2) is 60.8 Å². The molecule has 0 spiro atoms. The van der Waals surface area contributed by atoms with Gasteiger partial charge in [-0.25, -0.2) is 13.6 Å². The lowest BCUT2D eigenvalue weighted by Gasteiger charge is -2.20. The fraction of sp³-hybridized carbons (Fsp3) is 0.154. The number of carbonyl (C=O) groups excluding carboxylic acids is 2. The summed E-state index contributed by atoms with van der Waals surface area (Å²) in [6, 6.07) is 13.0. The molecule has 0 aliphatic heterocycles. The van der Waals surface area contributed by atoms with Crippen molar-refractivity contribution in [2.24, 2.45) is 5.73 Å². The molecule has 0 bridgehead atoms. The molecule has 0 aliphatic rings. The summed E-state index contributed by atoms with van der Waals surface area (Å²) in [6.45, 7) is 5.27. The van der Waals surface area contributed by atoms with Gasteiger partial charge in [0.25, 0.3) is 5.91 Å². The number of nitrogens with one attached hydrogen (secondary N) is 1. The minimum atomic E-state index is -0.906. The molecule has 0 saturated heterocycles. The van der Waals surface area contributed by atoms with E-state index in [-0.39, 0.29) is 28.4 Å². The summed E-state index contributed by atoms with van der Waals surface area (Å²) in [4.78, 5) is 24.9. The van der Waals surface area contributed by atoms with Gasteiger partial charge in [0.05, 0.1) is 16.9 Å². The van der Waals surface area contributed by atoms with Crippen LogP contribution in [0.3, 0.4) is 0 Å². The molecule has 10 heteroatoms. The summed E-state index contributed by atoms with van der Waals surface area (Å²) in [7, 11) is 0. The van der Waals surface area contributed by atoms with E-state index in [0.717, 1.165) is 17.5 Å². The molecule has 0 atom stereocenters. The number of hydrogen-bond donors (Lipinski definition) is 2. The molecule has 36 heavy (non-hydrogen) atoms. The maximum absolute atomic E-state index is 14.5. The zero-order valence-corrected chi connectivity index (χ0v) is 21.7. The first-order valence-electron chi connectivity index (χ1n) is 10.8. The number of anilines is 2. The Hall–Kier alpha value is -3.67. The van der Waals surface area contributed by atoms with Crippen molar-refractivity contribution in [3.8, 4) is 11.5 Å². The Kier molecular flexibility index (Phi) is 6.90. The lowest BCUT2D eigenvalue weighted by atomic mass is 10.1. The van der Waals surface area contributed by atoms with E-state index in [0.29, 0.717) is 9.09 Å². The molecule has 0 aliphatic carbocycles. The maximum atomic E-state index is 14.5. The quantitative estimate of drug-likeness (QED) is 0.241. The van der Waals surface area contributed by atoms with Crippen molar-refractivity contribution in [1.29, 1.82) is 0 Å². The van der Waals surface area contributed by atoms with Crippen molar-refractivity contribution < 1.29 is 27.8 Å². The highest BCUT2D eigenvalue weighted by molar-refractivity contribution is 14.1. The zero-order chi connectivity index (χ0) is 26.2. The van der Waals surface area contributed by atoms with Crippen molar-refractivity contribution in [1.82, 2.24) is 4.57 Å². The van der Waals surface area contributed by atoms with E-state index >= 15 is 0 Å². The largest absolute Gasteiger partial charge is 0.456 e. The molecule has 3 N–H and O–H groups in total. The first-order chi connectivity index (χ1) is 16.9. The van der Waals surface area contributed by atoms with Gasteiger partial charge in [-0.3, -0.25) is 9.36 Å². The second kappa shape index (κ2) is 9.76. The Morgan fingerprint density at radius 2 is 1.75 bits per heavy atom. The monoisotopic (exact) mass is 605 g/mol. The number of ether oxygens (including phenoxy) is 2. The Balaban J connectivity index is 1.73. The van der Waals surface area contributed by atoms with Gasteiger partial charge in [-0.2, -0.15) is 0 Å². The molecule has 0 fully saturated rings. The van der Waals surface area contributed by atoms with Crippen molar-refractivity contribution >= 4 is 56.9 Å². The van der Waals surface area contributed by atoms with Crippen LogP contribution in [0.1, 0.15) is 31.1 Å². The van der Waals surface area contributed by atoms with Gasteiger partial charge >= 0.3 is 6.09 Å². The molecule has 186 valence electrons. The van der Waals surface area contributed by atoms with Gasteiger partial charge in [-0.15, -0.1) is 0 Å². The number of nitrogens with zero attached hydrogens (tertiary/aromatic N) is 1. The van der Waals surface area contributed by atoms with Crippen LogP contribution in [-0.4, -0.2) is 22.2 Å². The number of primary amides is 1. The van der Waals surface area contributed by atoms with Crippen LogP contribution in [-0.2, 0) is 4.74 Å². The van der Waals surface area contributed by atoms with Crippen LogP contribution in [0.25, 0.3) is 10.9 Å². The van der Waals surface area contributed by atoms with Crippen LogP contribution >= 0.6 is 22.6 Å². The van der Waals surface area contributed by atoms with E-state index in [4.69, 9.17) is 15.2 Å². The topological polar surface area (TPSA) is 95.6 Å². The molecule has 4 aromatic rings. The zero-order valence-electron chi connectivity index (χ0n) is 19.6. The van der Waals surface area contributed by atoms with E-state index in [9.17, 15) is 18.4 Å². The fourth-order valence-electron chi connectivity index (χ4n) is 3.52. The second-order valence-corrected chi connectivity index (χ2v) is 10.2. The highest BCUT2D eigenvalue weighted by Gasteiger charge is 2.21. The minimum Gasteiger partial charge on any atom is -0.456 e. The van der Waals surface area contributed by atoms with Gasteiger partial charge in [0.2, 0.25) is 0 Å². The maximum Gasteiger partial charge on any atom is 0.418 e. The standard InChI is InChI=1S/C26H22F2IN3O4/c1-26(2,3)36-25(34)32-9-8-14-4-6-17(13-21(14)32)35-22-11-15(27)10-20(23(22)24(30)33)31-19-7-5-16(29)12-18(19)28/h4-13,31H,1-3H3,(H2,30,33). The van der Waals surface area contributed by atoms with Gasteiger partial charge < -0.3 is 20.5 Å². The fourth-order valence-corrected chi connectivity index (χ4v) is 3.97. The molecule has 3 aromatic carbocycles. The normalized spacial score (nSPS) is 11.4. The van der Waals surface area contributed by atoms with Crippen molar-refractivity contribution in [2.45, 2.75) is 26.4 Å². The minimum absolute atomic E-state index is 0.0334. The number of rotatable bonds is 5. The first-order valence-corrected chi connectivity index (χ1v) is 11.9. The Morgan fingerprint density at radius 1 is 1.00 bits per heavy atom. The third kappa shape index (κ3) is 5.59. The van der Waals surface area contributed by atoms with Gasteiger partial charge in [0.1, 0.15) is 34.3 Å². The summed E-state index contributed by atoms with van der Waals surface area (Å²) in [5.74, 6) is -2.19. The van der Waals surface area contributed by atoms with Gasteiger partial charge in [0, 0.05) is 27.3 Å². The average molecular weight is 605 g/mol. The number of aromatic nitrogens is 1. The number of carbonyl (C=O) groups is 2. The third-order valence-corrected chi connectivity index (χ3v) is 5.67. The summed E-state index contributed by atoms with van der Waals surface area (Å²) < 4.78 is 42.2. The Bertz CT molecular complexity index is 1490. The molecule has 7 nitrogen and oxygen atoms in total. The summed E-state index contributed by atoms with van der Waals surface area (Å²) in [6.07, 6.45) is 0.987. The predicted octanol–water partition coefficient (Wildman–Crippen LogP) is 6.94. The van der Waals surface area contributed by atoms with Crippen LogP contribution in [0.4, 0.5) is 25.0 Å². The smallest absolute Gasteiger partial charge is 0.418 e. The van der Waals surface area contributed by atoms with Crippen molar-refractivity contribution in [3.63, 3.8) is 0 Å². The predicted molar refractivity (Wildman–Crippen MR) is 141 cm³/mol. The third-order valence-electron chi connectivity index (χ3n) is 5.00. The average Bonchev–Trinajstić information content (AvgIpc) is 3.17. The molecule has 0 saturated carbocycles. The molecule has 1 aromatic heterocycles. The number of hydrogen-bond acceptors (Lipinski definition) is 5.